The van der Waals surface area contributed by atoms with Crippen LogP contribution >= 0.6 is 0 Å². The molecule has 172 valence electrons. The lowest BCUT2D eigenvalue weighted by Gasteiger charge is -2.16. The van der Waals surface area contributed by atoms with Crippen molar-refractivity contribution in [3.63, 3.8) is 0 Å². The third kappa shape index (κ3) is 5.35. The minimum atomic E-state index is -0.861. The summed E-state index contributed by atoms with van der Waals surface area (Å²) in [5.74, 6) is -2.31. The topological polar surface area (TPSA) is 131 Å². The summed E-state index contributed by atoms with van der Waals surface area (Å²) in [6, 6.07) is 10.4. The van der Waals surface area contributed by atoms with Crippen LogP contribution in [0.15, 0.2) is 42.5 Å². The van der Waals surface area contributed by atoms with Gasteiger partial charge in [0, 0.05) is 6.54 Å². The highest BCUT2D eigenvalue weighted by atomic mass is 16.5. The zero-order chi connectivity index (χ0) is 24.0. The number of benzene rings is 2. The Balaban J connectivity index is 1.68. The molecule has 3 rings (SSSR count). The Morgan fingerprint density at radius 3 is 2.27 bits per heavy atom. The van der Waals surface area contributed by atoms with E-state index in [1.807, 2.05) is 12.2 Å². The van der Waals surface area contributed by atoms with Crippen LogP contribution < -0.4 is 15.4 Å². The molecule has 2 N–H and O–H groups in total. The number of ether oxygens (including phenoxy) is 2. The van der Waals surface area contributed by atoms with E-state index in [-0.39, 0.29) is 17.9 Å². The fourth-order valence-corrected chi connectivity index (χ4v) is 3.23. The third-order valence-corrected chi connectivity index (χ3v) is 4.83. The first-order valence-corrected chi connectivity index (χ1v) is 10.2. The first-order valence-electron chi connectivity index (χ1n) is 10.2. The second kappa shape index (κ2) is 10.4. The van der Waals surface area contributed by atoms with Crippen LogP contribution in [0.4, 0.5) is 4.79 Å². The van der Waals surface area contributed by atoms with Gasteiger partial charge in [-0.1, -0.05) is 25.1 Å². The van der Waals surface area contributed by atoms with Crippen LogP contribution in [0, 0.1) is 0 Å². The van der Waals surface area contributed by atoms with E-state index in [1.54, 1.807) is 30.3 Å². The summed E-state index contributed by atoms with van der Waals surface area (Å²) in [6.07, 6.45) is 0.702. The van der Waals surface area contributed by atoms with E-state index in [0.717, 1.165) is 4.90 Å². The Kier molecular flexibility index (Phi) is 7.39. The maximum atomic E-state index is 12.6. The van der Waals surface area contributed by atoms with E-state index >= 15 is 0 Å². The Morgan fingerprint density at radius 1 is 1.00 bits per heavy atom. The average molecular weight is 453 g/mol. The molecule has 0 atom stereocenters. The molecule has 0 spiro atoms. The van der Waals surface area contributed by atoms with Crippen molar-refractivity contribution >= 4 is 29.7 Å². The molecule has 0 radical (unpaired) electrons. The normalized spacial score (nSPS) is 12.2. The van der Waals surface area contributed by atoms with Gasteiger partial charge in [0.1, 0.15) is 11.3 Å². The van der Waals surface area contributed by atoms with Crippen LogP contribution in [0.25, 0.3) is 0 Å². The van der Waals surface area contributed by atoms with Gasteiger partial charge in [-0.05, 0) is 36.2 Å². The Hall–Kier alpha value is -4.21. The summed E-state index contributed by atoms with van der Waals surface area (Å²) >= 11 is 0. The van der Waals surface area contributed by atoms with Crippen molar-refractivity contribution in [1.29, 1.82) is 0 Å². The van der Waals surface area contributed by atoms with Crippen LogP contribution in [0.2, 0.25) is 0 Å². The predicted molar refractivity (Wildman–Crippen MR) is 116 cm³/mol. The molecule has 5 amide bonds. The molecule has 33 heavy (non-hydrogen) atoms. The molecular weight excluding hydrogens is 430 g/mol. The summed E-state index contributed by atoms with van der Waals surface area (Å²) in [7, 11) is 1.36. The molecule has 0 bridgehead atoms. The number of nitrogens with one attached hydrogen (secondary N) is 2. The fraction of sp³-hybridized carbons (Fsp3) is 0.261. The molecule has 1 heterocycles. The number of methoxy groups -OCH3 is 1. The molecule has 0 saturated carbocycles. The van der Waals surface area contributed by atoms with Crippen molar-refractivity contribution in [1.82, 2.24) is 15.5 Å². The zero-order valence-electron chi connectivity index (χ0n) is 18.2. The summed E-state index contributed by atoms with van der Waals surface area (Å²) in [5, 5.41) is 4.51. The Labute approximate surface area is 189 Å². The standard InChI is InChI=1S/C23H23N3O7/c1-3-10-24-23(31)25-19(27)13-33-22(30)17-11-14(8-9-18(17)32-2)12-26-20(28)15-6-4-5-7-16(15)21(26)29/h4-9,11H,3,10,12-13H2,1-2H3,(H2,24,25,27,31). The van der Waals surface area contributed by atoms with Gasteiger partial charge in [0.15, 0.2) is 6.61 Å². The lowest BCUT2D eigenvalue weighted by atomic mass is 10.1. The summed E-state index contributed by atoms with van der Waals surface area (Å²) < 4.78 is 10.2. The Bertz CT molecular complexity index is 1080. The molecule has 0 saturated heterocycles. The lowest BCUT2D eigenvalue weighted by molar-refractivity contribution is -0.123. The molecule has 0 aliphatic carbocycles. The zero-order valence-corrected chi connectivity index (χ0v) is 18.2. The minimum absolute atomic E-state index is 0.00911. The summed E-state index contributed by atoms with van der Waals surface area (Å²) in [5.41, 5.74) is 1.14. The molecule has 0 fully saturated rings. The van der Waals surface area contributed by atoms with Crippen LogP contribution in [0.3, 0.4) is 0 Å². The minimum Gasteiger partial charge on any atom is -0.496 e. The molecule has 2 aromatic rings. The monoisotopic (exact) mass is 453 g/mol. The molecule has 1 aliphatic rings. The van der Waals surface area contributed by atoms with E-state index in [9.17, 15) is 24.0 Å². The van der Waals surface area contributed by atoms with Crippen molar-refractivity contribution in [3.8, 4) is 5.75 Å². The molecule has 1 aliphatic heterocycles. The van der Waals surface area contributed by atoms with Crippen LogP contribution in [0.5, 0.6) is 5.75 Å². The third-order valence-electron chi connectivity index (χ3n) is 4.83. The van der Waals surface area contributed by atoms with Crippen molar-refractivity contribution < 1.29 is 33.4 Å². The van der Waals surface area contributed by atoms with Crippen molar-refractivity contribution in [2.45, 2.75) is 19.9 Å². The fourth-order valence-electron chi connectivity index (χ4n) is 3.23. The van der Waals surface area contributed by atoms with E-state index < -0.39 is 36.3 Å². The number of urea groups is 1. The molecule has 0 unspecified atom stereocenters. The van der Waals surface area contributed by atoms with E-state index in [0.29, 0.717) is 29.7 Å². The maximum absolute atomic E-state index is 12.6. The van der Waals surface area contributed by atoms with Gasteiger partial charge in [-0.15, -0.1) is 0 Å². The number of carbonyl (C=O) groups is 5. The quantitative estimate of drug-likeness (QED) is 0.461. The van der Waals surface area contributed by atoms with Gasteiger partial charge in [0.25, 0.3) is 17.7 Å². The number of fused-ring (bicyclic) bond motifs is 1. The van der Waals surface area contributed by atoms with Gasteiger partial charge in [0.05, 0.1) is 24.8 Å². The van der Waals surface area contributed by atoms with Gasteiger partial charge in [-0.25, -0.2) is 9.59 Å². The van der Waals surface area contributed by atoms with Crippen molar-refractivity contribution in [2.24, 2.45) is 0 Å². The van der Waals surface area contributed by atoms with Gasteiger partial charge < -0.3 is 14.8 Å². The highest BCUT2D eigenvalue weighted by Gasteiger charge is 2.35. The second-order valence-corrected chi connectivity index (χ2v) is 7.16. The van der Waals surface area contributed by atoms with Crippen molar-refractivity contribution in [2.75, 3.05) is 20.3 Å². The molecule has 2 aromatic carbocycles. The van der Waals surface area contributed by atoms with Gasteiger partial charge in [-0.2, -0.15) is 0 Å². The number of rotatable bonds is 8. The number of nitrogens with zero attached hydrogens (tertiary/aromatic N) is 1. The maximum Gasteiger partial charge on any atom is 0.342 e. The average Bonchev–Trinajstić information content (AvgIpc) is 3.06. The Morgan fingerprint density at radius 2 is 1.67 bits per heavy atom. The second-order valence-electron chi connectivity index (χ2n) is 7.16. The van der Waals surface area contributed by atoms with E-state index in [1.165, 1.54) is 19.2 Å². The SMILES string of the molecule is CCCNC(=O)NC(=O)COC(=O)c1cc(CN2C(=O)c3ccccc3C2=O)ccc1OC. The van der Waals surface area contributed by atoms with Crippen molar-refractivity contribution in [3.05, 3.63) is 64.7 Å². The first-order chi connectivity index (χ1) is 15.8. The molecule has 10 heteroatoms. The smallest absolute Gasteiger partial charge is 0.342 e. The van der Waals surface area contributed by atoms with E-state index in [4.69, 9.17) is 9.47 Å². The van der Waals surface area contributed by atoms with Gasteiger partial charge >= 0.3 is 12.0 Å². The lowest BCUT2D eigenvalue weighted by Crippen LogP contribution is -2.41. The number of imide groups is 2. The van der Waals surface area contributed by atoms with E-state index in [2.05, 4.69) is 5.32 Å². The number of amides is 5. The first kappa shape index (κ1) is 23.5. The number of hydrogen-bond acceptors (Lipinski definition) is 7. The summed E-state index contributed by atoms with van der Waals surface area (Å²) in [4.78, 5) is 62.2. The van der Waals surface area contributed by atoms with Gasteiger partial charge in [0.2, 0.25) is 0 Å². The predicted octanol–water partition coefficient (Wildman–Crippen LogP) is 1.88. The van der Waals surface area contributed by atoms with Crippen LogP contribution in [0.1, 0.15) is 50.0 Å². The molecular formula is C23H23N3O7. The number of hydrogen-bond donors (Lipinski definition) is 2. The van der Waals surface area contributed by atoms with Crippen LogP contribution in [-0.2, 0) is 16.1 Å². The summed E-state index contributed by atoms with van der Waals surface area (Å²) in [6.45, 7) is 1.52. The van der Waals surface area contributed by atoms with Gasteiger partial charge in [-0.3, -0.25) is 24.6 Å². The number of esters is 1. The van der Waals surface area contributed by atoms with Crippen LogP contribution in [-0.4, -0.2) is 54.9 Å². The highest BCUT2D eigenvalue weighted by molar-refractivity contribution is 6.21. The molecule has 0 aromatic heterocycles. The largest absolute Gasteiger partial charge is 0.496 e. The number of carbonyl (C=O) groups excluding carboxylic acids is 5. The highest BCUT2D eigenvalue weighted by Crippen LogP contribution is 2.26. The molecule has 10 nitrogen and oxygen atoms in total.